The predicted molar refractivity (Wildman–Crippen MR) is 59.8 cm³/mol. The number of nitrogens with zero attached hydrogens (tertiary/aromatic N) is 2. The molecule has 0 radical (unpaired) electrons. The Kier molecular flexibility index (Phi) is 2.22. The quantitative estimate of drug-likeness (QED) is 0.764. The van der Waals surface area contributed by atoms with Gasteiger partial charge in [-0.25, -0.2) is 9.78 Å². The second kappa shape index (κ2) is 3.61. The van der Waals surface area contributed by atoms with Crippen LogP contribution in [0.1, 0.15) is 12.5 Å². The average molecular weight is 240 g/mol. The Morgan fingerprint density at radius 1 is 1.62 bits per heavy atom. The molecule has 1 N–H and O–H groups in total. The van der Waals surface area contributed by atoms with Crippen LogP contribution in [0.3, 0.4) is 0 Å². The van der Waals surface area contributed by atoms with Gasteiger partial charge in [0, 0.05) is 12.7 Å². The van der Waals surface area contributed by atoms with Gasteiger partial charge in [0.2, 0.25) is 0 Å². The lowest BCUT2D eigenvalue weighted by atomic mass is 10.2. The molecule has 0 spiro atoms. The lowest BCUT2D eigenvalue weighted by molar-refractivity contribution is 0.186. The Balaban J connectivity index is 2.25. The van der Waals surface area contributed by atoms with E-state index in [4.69, 9.17) is 16.3 Å². The summed E-state index contributed by atoms with van der Waals surface area (Å²) < 4.78 is 7.00. The van der Waals surface area contributed by atoms with E-state index in [0.717, 1.165) is 11.9 Å². The molecule has 0 aromatic carbocycles. The largest absolute Gasteiger partial charge is 0.379 e. The molecule has 6 heteroatoms. The molecule has 84 valence electrons. The molecule has 2 aromatic heterocycles. The van der Waals surface area contributed by atoms with Gasteiger partial charge in [-0.1, -0.05) is 11.6 Å². The van der Waals surface area contributed by atoms with Gasteiger partial charge in [0.15, 0.2) is 0 Å². The van der Waals surface area contributed by atoms with E-state index in [1.807, 2.05) is 0 Å². The lowest BCUT2D eigenvalue weighted by Gasteiger charge is -2.09. The molecule has 0 bridgehead atoms. The first-order valence-electron chi connectivity index (χ1n) is 5.09. The van der Waals surface area contributed by atoms with Crippen LogP contribution in [0.15, 0.2) is 17.1 Å². The van der Waals surface area contributed by atoms with E-state index in [2.05, 4.69) is 9.97 Å². The van der Waals surface area contributed by atoms with Crippen LogP contribution in [0, 0.1) is 0 Å². The third kappa shape index (κ3) is 1.44. The second-order valence-corrected chi connectivity index (χ2v) is 4.23. The van der Waals surface area contributed by atoms with Gasteiger partial charge >= 0.3 is 5.69 Å². The number of aromatic nitrogens is 3. The molecule has 1 atom stereocenters. The molecule has 1 aliphatic heterocycles. The van der Waals surface area contributed by atoms with Crippen molar-refractivity contribution in [1.29, 1.82) is 0 Å². The van der Waals surface area contributed by atoms with Crippen molar-refractivity contribution in [2.45, 2.75) is 12.5 Å². The zero-order valence-corrected chi connectivity index (χ0v) is 9.20. The van der Waals surface area contributed by atoms with Crippen molar-refractivity contribution in [2.75, 3.05) is 13.2 Å². The molecule has 2 aromatic rings. The maximum Gasteiger partial charge on any atom is 0.326 e. The number of ether oxygens (including phenoxy) is 1. The maximum absolute atomic E-state index is 11.8. The van der Waals surface area contributed by atoms with Gasteiger partial charge in [0.05, 0.1) is 29.9 Å². The Labute approximate surface area is 96.0 Å². The molecule has 0 amide bonds. The molecule has 1 unspecified atom stereocenters. The molecule has 0 aliphatic carbocycles. The van der Waals surface area contributed by atoms with Crippen LogP contribution >= 0.6 is 11.6 Å². The van der Waals surface area contributed by atoms with E-state index in [9.17, 15) is 4.79 Å². The summed E-state index contributed by atoms with van der Waals surface area (Å²) in [4.78, 5) is 18.5. The highest BCUT2D eigenvalue weighted by Gasteiger charge is 2.21. The van der Waals surface area contributed by atoms with Gasteiger partial charge in [-0.15, -0.1) is 0 Å². The van der Waals surface area contributed by atoms with Crippen molar-refractivity contribution < 1.29 is 4.74 Å². The minimum absolute atomic E-state index is 0.0970. The normalized spacial score (nSPS) is 20.7. The Morgan fingerprint density at radius 2 is 2.50 bits per heavy atom. The van der Waals surface area contributed by atoms with Crippen molar-refractivity contribution in [3.8, 4) is 0 Å². The fourth-order valence-electron chi connectivity index (χ4n) is 2.09. The number of halogens is 1. The number of pyridine rings is 1. The molecule has 1 saturated heterocycles. The molecule has 1 fully saturated rings. The van der Waals surface area contributed by atoms with Crippen LogP contribution in [-0.4, -0.2) is 27.7 Å². The highest BCUT2D eigenvalue weighted by molar-refractivity contribution is 6.29. The first-order valence-corrected chi connectivity index (χ1v) is 5.47. The topological polar surface area (TPSA) is 59.9 Å². The van der Waals surface area contributed by atoms with Gasteiger partial charge in [0.25, 0.3) is 0 Å². The van der Waals surface area contributed by atoms with Crippen molar-refractivity contribution in [3.05, 3.63) is 27.9 Å². The number of imidazole rings is 1. The van der Waals surface area contributed by atoms with Crippen molar-refractivity contribution >= 4 is 22.6 Å². The van der Waals surface area contributed by atoms with Crippen LogP contribution in [0.4, 0.5) is 0 Å². The average Bonchev–Trinajstić information content (AvgIpc) is 2.83. The first kappa shape index (κ1) is 9.86. The van der Waals surface area contributed by atoms with Gasteiger partial charge in [-0.3, -0.25) is 4.57 Å². The molecule has 0 saturated carbocycles. The number of hydrogen-bond acceptors (Lipinski definition) is 3. The molecular weight excluding hydrogens is 230 g/mol. The SMILES string of the molecule is O=c1[nH]c2cnc(Cl)cc2n1C1CCOC1. The standard InChI is InChI=1S/C10H10ClN3O2/c11-9-3-8-7(4-12-9)13-10(15)14(8)6-1-2-16-5-6/h3-4,6H,1-2,5H2,(H,13,15). The zero-order valence-electron chi connectivity index (χ0n) is 8.44. The summed E-state index contributed by atoms with van der Waals surface area (Å²) in [6.07, 6.45) is 2.43. The first-order chi connectivity index (χ1) is 7.75. The van der Waals surface area contributed by atoms with E-state index in [1.54, 1.807) is 16.8 Å². The molecule has 5 nitrogen and oxygen atoms in total. The molecule has 3 heterocycles. The highest BCUT2D eigenvalue weighted by Crippen LogP contribution is 2.22. The van der Waals surface area contributed by atoms with Crippen molar-refractivity contribution in [1.82, 2.24) is 14.5 Å². The number of hydrogen-bond donors (Lipinski definition) is 1. The van der Waals surface area contributed by atoms with Gasteiger partial charge < -0.3 is 9.72 Å². The molecular formula is C10H10ClN3O2. The number of aromatic amines is 1. The minimum Gasteiger partial charge on any atom is -0.379 e. The van der Waals surface area contributed by atoms with Crippen LogP contribution in [0.2, 0.25) is 5.15 Å². The number of rotatable bonds is 1. The Hall–Kier alpha value is -1.33. The maximum atomic E-state index is 11.8. The van der Waals surface area contributed by atoms with E-state index >= 15 is 0 Å². The number of fused-ring (bicyclic) bond motifs is 1. The smallest absolute Gasteiger partial charge is 0.326 e. The summed E-state index contributed by atoms with van der Waals surface area (Å²) in [7, 11) is 0. The predicted octanol–water partition coefficient (Wildman–Crippen LogP) is 1.34. The van der Waals surface area contributed by atoms with E-state index < -0.39 is 0 Å². The summed E-state index contributed by atoms with van der Waals surface area (Å²) in [6.45, 7) is 1.27. The number of H-pyrrole nitrogens is 1. The molecule has 1 aliphatic rings. The Bertz CT molecular complexity index is 583. The van der Waals surface area contributed by atoms with Crippen molar-refractivity contribution in [2.24, 2.45) is 0 Å². The van der Waals surface area contributed by atoms with Gasteiger partial charge in [0.1, 0.15) is 5.15 Å². The van der Waals surface area contributed by atoms with Gasteiger partial charge in [-0.05, 0) is 6.42 Å². The summed E-state index contributed by atoms with van der Waals surface area (Å²) in [5.74, 6) is 0. The van der Waals surface area contributed by atoms with Crippen molar-refractivity contribution in [3.63, 3.8) is 0 Å². The minimum atomic E-state index is -0.130. The lowest BCUT2D eigenvalue weighted by Crippen LogP contribution is -2.22. The molecule has 3 rings (SSSR count). The second-order valence-electron chi connectivity index (χ2n) is 3.84. The number of nitrogens with one attached hydrogen (secondary N) is 1. The monoisotopic (exact) mass is 239 g/mol. The van der Waals surface area contributed by atoms with Gasteiger partial charge in [-0.2, -0.15) is 0 Å². The summed E-state index contributed by atoms with van der Waals surface area (Å²) in [6, 6.07) is 1.80. The fraction of sp³-hybridized carbons (Fsp3) is 0.400. The molecule has 16 heavy (non-hydrogen) atoms. The van der Waals surface area contributed by atoms with Crippen LogP contribution < -0.4 is 5.69 Å². The highest BCUT2D eigenvalue weighted by atomic mass is 35.5. The van der Waals surface area contributed by atoms with E-state index in [-0.39, 0.29) is 11.7 Å². The third-order valence-electron chi connectivity index (χ3n) is 2.84. The third-order valence-corrected chi connectivity index (χ3v) is 3.05. The fourth-order valence-corrected chi connectivity index (χ4v) is 2.24. The van der Waals surface area contributed by atoms with E-state index in [1.165, 1.54) is 0 Å². The van der Waals surface area contributed by atoms with E-state index in [0.29, 0.717) is 23.9 Å². The summed E-state index contributed by atoms with van der Waals surface area (Å²) >= 11 is 5.83. The van der Waals surface area contributed by atoms with Crippen LogP contribution in [0.25, 0.3) is 11.0 Å². The Morgan fingerprint density at radius 3 is 3.25 bits per heavy atom. The zero-order chi connectivity index (χ0) is 11.1. The van der Waals surface area contributed by atoms with Crippen LogP contribution in [0.5, 0.6) is 0 Å². The summed E-state index contributed by atoms with van der Waals surface area (Å²) in [5, 5.41) is 0.388. The summed E-state index contributed by atoms with van der Waals surface area (Å²) in [5.41, 5.74) is 1.37. The van der Waals surface area contributed by atoms with Crippen LogP contribution in [-0.2, 0) is 4.74 Å².